The fourth-order valence-corrected chi connectivity index (χ4v) is 3.60. The van der Waals surface area contributed by atoms with Crippen molar-refractivity contribution in [2.45, 2.75) is 6.61 Å². The Hall–Kier alpha value is -3.33. The molecule has 0 spiro atoms. The lowest BCUT2D eigenvalue weighted by Gasteiger charge is -2.11. The molecular formula is C20H19N3O5S. The van der Waals surface area contributed by atoms with E-state index in [4.69, 9.17) is 9.47 Å². The molecule has 2 aromatic rings. The molecule has 150 valence electrons. The van der Waals surface area contributed by atoms with Gasteiger partial charge in [-0.05, 0) is 53.2 Å². The van der Waals surface area contributed by atoms with Crippen LogP contribution in [-0.2, 0) is 11.4 Å². The average Bonchev–Trinajstić information content (AvgIpc) is 3.00. The highest BCUT2D eigenvalue weighted by atomic mass is 32.2. The number of carbonyl (C=O) groups is 1. The number of ether oxygens (including phenoxy) is 2. The lowest BCUT2D eigenvalue weighted by molar-refractivity contribution is -0.384. The van der Waals surface area contributed by atoms with Crippen molar-refractivity contribution in [1.29, 1.82) is 0 Å². The molecule has 0 aliphatic carbocycles. The molecule has 8 nitrogen and oxygen atoms in total. The van der Waals surface area contributed by atoms with Crippen LogP contribution in [0.3, 0.4) is 0 Å². The molecule has 1 amide bonds. The number of amides is 1. The van der Waals surface area contributed by atoms with E-state index in [1.165, 1.54) is 35.9 Å². The number of amidine groups is 1. The van der Waals surface area contributed by atoms with Gasteiger partial charge in [0.05, 0.1) is 16.9 Å². The lowest BCUT2D eigenvalue weighted by atomic mass is 10.1. The molecule has 1 fully saturated rings. The first-order valence-corrected chi connectivity index (χ1v) is 9.43. The van der Waals surface area contributed by atoms with Crippen LogP contribution in [0.15, 0.2) is 52.4 Å². The van der Waals surface area contributed by atoms with E-state index in [1.807, 2.05) is 6.07 Å². The molecule has 0 radical (unpaired) electrons. The molecule has 9 heteroatoms. The largest absolute Gasteiger partial charge is 0.493 e. The van der Waals surface area contributed by atoms with Gasteiger partial charge in [-0.25, -0.2) is 0 Å². The molecule has 0 aromatic heterocycles. The standard InChI is InChI=1S/C20H19N3O5S/c1-21-20-22(2)19(24)18(29-20)11-14-6-9-16(17(10-14)27-3)28-12-13-4-7-15(8-5-13)23(25)26/h4-11H,12H2,1-3H3/b18-11-,21-20?. The minimum absolute atomic E-state index is 0.0324. The molecule has 1 aliphatic heterocycles. The SMILES string of the molecule is CN=C1S/C(=C\c2ccc(OCc3ccc([N+](=O)[O-])cc3)c(OC)c2)C(=O)N1C. The Morgan fingerprint density at radius 2 is 1.93 bits per heavy atom. The number of thioether (sulfide) groups is 1. The molecule has 1 saturated heterocycles. The highest BCUT2D eigenvalue weighted by Gasteiger charge is 2.29. The first kappa shape index (κ1) is 20.4. The number of carbonyl (C=O) groups excluding carboxylic acids is 1. The van der Waals surface area contributed by atoms with Crippen molar-refractivity contribution in [2.24, 2.45) is 4.99 Å². The van der Waals surface area contributed by atoms with Gasteiger partial charge in [-0.3, -0.25) is 24.8 Å². The van der Waals surface area contributed by atoms with Crippen LogP contribution in [0, 0.1) is 10.1 Å². The van der Waals surface area contributed by atoms with E-state index in [0.29, 0.717) is 21.6 Å². The van der Waals surface area contributed by atoms with Crippen LogP contribution in [0.5, 0.6) is 11.5 Å². The van der Waals surface area contributed by atoms with E-state index in [-0.39, 0.29) is 18.2 Å². The van der Waals surface area contributed by atoms with Gasteiger partial charge in [-0.15, -0.1) is 0 Å². The van der Waals surface area contributed by atoms with Gasteiger partial charge in [0, 0.05) is 26.2 Å². The minimum atomic E-state index is -0.443. The van der Waals surface area contributed by atoms with Gasteiger partial charge in [-0.1, -0.05) is 6.07 Å². The normalized spacial score (nSPS) is 16.5. The maximum atomic E-state index is 12.3. The van der Waals surface area contributed by atoms with Gasteiger partial charge in [0.2, 0.25) is 0 Å². The smallest absolute Gasteiger partial charge is 0.269 e. The predicted octanol–water partition coefficient (Wildman–Crippen LogP) is 3.71. The lowest BCUT2D eigenvalue weighted by Crippen LogP contribution is -2.23. The third kappa shape index (κ3) is 4.57. The van der Waals surface area contributed by atoms with Crippen LogP contribution >= 0.6 is 11.8 Å². The van der Waals surface area contributed by atoms with E-state index < -0.39 is 4.92 Å². The molecule has 0 atom stereocenters. The zero-order valence-corrected chi connectivity index (χ0v) is 16.9. The predicted molar refractivity (Wildman–Crippen MR) is 112 cm³/mol. The molecule has 0 saturated carbocycles. The van der Waals surface area contributed by atoms with Crippen molar-refractivity contribution in [3.63, 3.8) is 0 Å². The first-order valence-electron chi connectivity index (χ1n) is 8.61. The highest BCUT2D eigenvalue weighted by Crippen LogP contribution is 2.34. The third-order valence-corrected chi connectivity index (χ3v) is 5.37. The summed E-state index contributed by atoms with van der Waals surface area (Å²) in [5.41, 5.74) is 1.63. The van der Waals surface area contributed by atoms with Crippen molar-refractivity contribution in [3.05, 3.63) is 68.6 Å². The number of nitrogens with zero attached hydrogens (tertiary/aromatic N) is 3. The fraction of sp³-hybridized carbons (Fsp3) is 0.200. The van der Waals surface area contributed by atoms with Crippen LogP contribution in [0.25, 0.3) is 6.08 Å². The Morgan fingerprint density at radius 3 is 2.52 bits per heavy atom. The summed E-state index contributed by atoms with van der Waals surface area (Å²) in [5, 5.41) is 11.4. The molecule has 2 aromatic carbocycles. The van der Waals surface area contributed by atoms with Crippen LogP contribution in [0.4, 0.5) is 5.69 Å². The van der Waals surface area contributed by atoms with E-state index in [1.54, 1.807) is 44.4 Å². The van der Waals surface area contributed by atoms with Crippen LogP contribution in [-0.4, -0.2) is 42.1 Å². The molecule has 0 N–H and O–H groups in total. The van der Waals surface area contributed by atoms with E-state index in [9.17, 15) is 14.9 Å². The Labute approximate surface area is 172 Å². The Morgan fingerprint density at radius 1 is 1.21 bits per heavy atom. The summed E-state index contributed by atoms with van der Waals surface area (Å²) in [6.45, 7) is 0.240. The van der Waals surface area contributed by atoms with E-state index in [2.05, 4.69) is 4.99 Å². The van der Waals surface area contributed by atoms with Crippen molar-refractivity contribution in [1.82, 2.24) is 4.90 Å². The third-order valence-electron chi connectivity index (χ3n) is 4.22. The van der Waals surface area contributed by atoms with Gasteiger partial charge in [0.15, 0.2) is 16.7 Å². The zero-order chi connectivity index (χ0) is 21.0. The Balaban J connectivity index is 1.74. The quantitative estimate of drug-likeness (QED) is 0.407. The van der Waals surface area contributed by atoms with E-state index in [0.717, 1.165) is 11.1 Å². The second-order valence-corrected chi connectivity index (χ2v) is 7.11. The van der Waals surface area contributed by atoms with Gasteiger partial charge in [-0.2, -0.15) is 0 Å². The second-order valence-electron chi connectivity index (χ2n) is 6.10. The molecule has 0 unspecified atom stereocenters. The average molecular weight is 413 g/mol. The second kappa shape index (κ2) is 8.78. The summed E-state index contributed by atoms with van der Waals surface area (Å²) in [6.07, 6.45) is 1.78. The number of aliphatic imine (C=N–C) groups is 1. The Kier molecular flexibility index (Phi) is 6.18. The summed E-state index contributed by atoms with van der Waals surface area (Å²) < 4.78 is 11.2. The summed E-state index contributed by atoms with van der Waals surface area (Å²) in [5.74, 6) is 0.953. The molecule has 29 heavy (non-hydrogen) atoms. The molecule has 0 bridgehead atoms. The summed E-state index contributed by atoms with van der Waals surface area (Å²) >= 11 is 1.32. The summed E-state index contributed by atoms with van der Waals surface area (Å²) in [4.78, 5) is 28.7. The number of hydrogen-bond acceptors (Lipinski definition) is 7. The highest BCUT2D eigenvalue weighted by molar-refractivity contribution is 8.18. The first-order chi connectivity index (χ1) is 13.9. The van der Waals surface area contributed by atoms with E-state index >= 15 is 0 Å². The van der Waals surface area contributed by atoms with Crippen molar-refractivity contribution in [2.75, 3.05) is 21.2 Å². The minimum Gasteiger partial charge on any atom is -0.493 e. The topological polar surface area (TPSA) is 94.3 Å². The fourth-order valence-electron chi connectivity index (χ4n) is 2.67. The maximum absolute atomic E-state index is 12.3. The van der Waals surface area contributed by atoms with Crippen LogP contribution < -0.4 is 9.47 Å². The van der Waals surface area contributed by atoms with Gasteiger partial charge in [0.1, 0.15) is 6.61 Å². The molecule has 1 aliphatic rings. The van der Waals surface area contributed by atoms with Crippen LogP contribution in [0.1, 0.15) is 11.1 Å². The zero-order valence-electron chi connectivity index (χ0n) is 16.1. The molecular weight excluding hydrogens is 394 g/mol. The van der Waals surface area contributed by atoms with Gasteiger partial charge in [0.25, 0.3) is 11.6 Å². The monoisotopic (exact) mass is 413 g/mol. The number of hydrogen-bond donors (Lipinski definition) is 0. The number of benzene rings is 2. The maximum Gasteiger partial charge on any atom is 0.269 e. The van der Waals surface area contributed by atoms with Crippen molar-refractivity contribution >= 4 is 34.6 Å². The molecule has 1 heterocycles. The van der Waals surface area contributed by atoms with Crippen molar-refractivity contribution in [3.8, 4) is 11.5 Å². The van der Waals surface area contributed by atoms with Gasteiger partial charge >= 0.3 is 0 Å². The number of likely N-dealkylation sites (N-methyl/N-ethyl adjacent to an activating group) is 1. The number of nitro groups is 1. The number of methoxy groups -OCH3 is 1. The van der Waals surface area contributed by atoms with Gasteiger partial charge < -0.3 is 9.47 Å². The van der Waals surface area contributed by atoms with Crippen LogP contribution in [0.2, 0.25) is 0 Å². The molecule has 3 rings (SSSR count). The number of non-ortho nitro benzene ring substituents is 1. The summed E-state index contributed by atoms with van der Waals surface area (Å²) in [6, 6.07) is 11.5. The summed E-state index contributed by atoms with van der Waals surface area (Å²) in [7, 11) is 4.87. The Bertz CT molecular complexity index is 1000. The number of rotatable bonds is 6. The number of nitro benzene ring substituents is 1. The van der Waals surface area contributed by atoms with Crippen molar-refractivity contribution < 1.29 is 19.2 Å².